The van der Waals surface area contributed by atoms with E-state index in [-0.39, 0.29) is 46.9 Å². The molecule has 0 saturated carbocycles. The number of fused-ring (bicyclic) bond motifs is 1. The molecule has 4 amide bonds. The van der Waals surface area contributed by atoms with Gasteiger partial charge in [0, 0.05) is 0 Å². The summed E-state index contributed by atoms with van der Waals surface area (Å²) in [5, 5.41) is 2.99. The summed E-state index contributed by atoms with van der Waals surface area (Å²) in [7, 11) is 0. The molecular weight excluding hydrogens is 383 g/mol. The Morgan fingerprint density at radius 2 is 1.96 bits per heavy atom. The van der Waals surface area contributed by atoms with Crippen molar-refractivity contribution < 1.29 is 19.2 Å². The number of halogens is 1. The van der Waals surface area contributed by atoms with E-state index in [0.717, 1.165) is 15.7 Å². The second-order valence-electron chi connectivity index (χ2n) is 5.26. The molecule has 121 valence electrons. The summed E-state index contributed by atoms with van der Waals surface area (Å²) in [6.45, 7) is 0. The summed E-state index contributed by atoms with van der Waals surface area (Å²) in [5.41, 5.74) is 3.75. The Bertz CT molecular complexity index is 707. The van der Waals surface area contributed by atoms with Crippen LogP contribution in [0.1, 0.15) is 39.1 Å². The minimum Gasteiger partial charge on any atom is -0.147 e. The molecular formula is C15H15AsClN2O4. The molecule has 0 aliphatic carbocycles. The zero-order chi connectivity index (χ0) is 15.9. The number of carbonyl (C=O) groups excluding carboxylic acids is 4. The van der Waals surface area contributed by atoms with Crippen LogP contribution in [0.2, 0.25) is 5.71 Å². The third-order valence-electron chi connectivity index (χ3n) is 3.88. The molecule has 2 aliphatic heterocycles. The zero-order valence-electron chi connectivity index (χ0n) is 12.4. The molecule has 1 fully saturated rings. The van der Waals surface area contributed by atoms with Crippen molar-refractivity contribution >= 4 is 51.8 Å². The maximum absolute atomic E-state index is 12.7. The minimum atomic E-state index is -0.896. The first-order valence-electron chi connectivity index (χ1n) is 6.93. The van der Waals surface area contributed by atoms with Crippen LogP contribution in [-0.4, -0.2) is 50.3 Å². The normalized spacial score (nSPS) is 20.7. The quantitative estimate of drug-likeness (QED) is 0.603. The fraction of sp³-hybridized carbons (Fsp3) is 0.333. The summed E-state index contributed by atoms with van der Waals surface area (Å²) in [6.07, 6.45) is 0.321. The molecule has 6 nitrogen and oxygen atoms in total. The molecule has 0 aromatic heterocycles. The second-order valence-corrected chi connectivity index (χ2v) is 7.25. The van der Waals surface area contributed by atoms with Crippen molar-refractivity contribution in [1.82, 2.24) is 10.2 Å². The van der Waals surface area contributed by atoms with Gasteiger partial charge in [0.05, 0.1) is 0 Å². The molecule has 0 spiro atoms. The molecule has 1 saturated heterocycles. The number of amides is 4. The van der Waals surface area contributed by atoms with Gasteiger partial charge in [-0.15, -0.1) is 12.4 Å². The van der Waals surface area contributed by atoms with E-state index in [4.69, 9.17) is 0 Å². The Labute approximate surface area is 146 Å². The Morgan fingerprint density at radius 1 is 1.22 bits per heavy atom. The average Bonchev–Trinajstić information content (AvgIpc) is 2.73. The summed E-state index contributed by atoms with van der Waals surface area (Å²) in [6, 6.07) is 4.35. The predicted molar refractivity (Wildman–Crippen MR) is 85.7 cm³/mol. The number of benzene rings is 1. The van der Waals surface area contributed by atoms with Gasteiger partial charge in [-0.2, -0.15) is 0 Å². The molecule has 23 heavy (non-hydrogen) atoms. The zero-order valence-corrected chi connectivity index (χ0v) is 15.1. The molecule has 8 heteroatoms. The summed E-state index contributed by atoms with van der Waals surface area (Å²) in [4.78, 5) is 49.4. The molecule has 1 N–H and O–H groups in total. The van der Waals surface area contributed by atoms with E-state index >= 15 is 0 Å². The Hall–Kier alpha value is -1.65. The number of hydrogen-bond acceptors (Lipinski definition) is 4. The van der Waals surface area contributed by atoms with Crippen LogP contribution in [0.25, 0.3) is 0 Å². The Balaban J connectivity index is 0.00000192. The molecule has 0 bridgehead atoms. The van der Waals surface area contributed by atoms with Gasteiger partial charge in [0.15, 0.2) is 0 Å². The molecule has 2 aliphatic rings. The Kier molecular flexibility index (Phi) is 5.27. The van der Waals surface area contributed by atoms with Crippen LogP contribution in [0.4, 0.5) is 0 Å². The van der Waals surface area contributed by atoms with Crippen LogP contribution in [-0.2, 0) is 14.8 Å². The molecule has 1 aromatic carbocycles. The van der Waals surface area contributed by atoms with Gasteiger partial charge in [0.25, 0.3) is 0 Å². The van der Waals surface area contributed by atoms with Gasteiger partial charge < -0.3 is 0 Å². The van der Waals surface area contributed by atoms with Crippen molar-refractivity contribution in [1.29, 1.82) is 0 Å². The largest absolute Gasteiger partial charge is 0.147 e. The van der Waals surface area contributed by atoms with Gasteiger partial charge in [-0.1, -0.05) is 0 Å². The van der Waals surface area contributed by atoms with Crippen molar-refractivity contribution in [2.45, 2.75) is 29.8 Å². The van der Waals surface area contributed by atoms with Crippen LogP contribution >= 0.6 is 12.4 Å². The molecule has 1 aromatic rings. The van der Waals surface area contributed by atoms with Crippen LogP contribution < -0.4 is 5.32 Å². The van der Waals surface area contributed by atoms with E-state index in [2.05, 4.69) is 11.0 Å². The number of nitrogens with one attached hydrogen (secondary N) is 1. The van der Waals surface area contributed by atoms with Crippen molar-refractivity contribution in [3.63, 3.8) is 0 Å². The van der Waals surface area contributed by atoms with E-state index in [1.165, 1.54) is 0 Å². The average molecular weight is 398 g/mol. The molecule has 2 heterocycles. The van der Waals surface area contributed by atoms with E-state index in [9.17, 15) is 19.2 Å². The van der Waals surface area contributed by atoms with E-state index in [0.29, 0.717) is 11.1 Å². The fourth-order valence-electron chi connectivity index (χ4n) is 2.89. The van der Waals surface area contributed by atoms with Crippen LogP contribution in [0.15, 0.2) is 18.2 Å². The number of imide groups is 2. The summed E-state index contributed by atoms with van der Waals surface area (Å²) in [5.74, 6) is -1.80. The number of carbonyl (C=O) groups is 4. The van der Waals surface area contributed by atoms with E-state index in [1.807, 2.05) is 6.07 Å². The standard InChI is InChI=1S/C15H14AsN2O4.ClH/c1-16-7-8-3-2-4-9-12(8)15(22)18(14(9)21)10-5-6-11(19)17-13(10)20;/h2-4,10H,5-7H2,1H3,(H,17,19,20);1H. The van der Waals surface area contributed by atoms with E-state index < -0.39 is 23.8 Å². The number of piperidine rings is 1. The van der Waals surface area contributed by atoms with Gasteiger partial charge in [-0.3, -0.25) is 0 Å². The summed E-state index contributed by atoms with van der Waals surface area (Å²) < 4.78 is 0. The van der Waals surface area contributed by atoms with E-state index in [1.54, 1.807) is 12.1 Å². The SMILES string of the molecule is C[As]Cc1cccc2c1C(=O)N(C1CCC(=O)NC1=O)C2=O.Cl. The first-order valence-corrected chi connectivity index (χ1v) is 10.1. The number of nitrogens with zero attached hydrogens (tertiary/aromatic N) is 1. The first-order chi connectivity index (χ1) is 10.5. The third-order valence-corrected chi connectivity index (χ3v) is 5.26. The van der Waals surface area contributed by atoms with Crippen molar-refractivity contribution in [2.75, 3.05) is 0 Å². The number of hydrogen-bond donors (Lipinski definition) is 1. The number of rotatable bonds is 3. The van der Waals surface area contributed by atoms with Gasteiger partial charge in [-0.05, 0) is 0 Å². The topological polar surface area (TPSA) is 83.6 Å². The Morgan fingerprint density at radius 3 is 2.61 bits per heavy atom. The minimum absolute atomic E-state index is 0. The summed E-state index contributed by atoms with van der Waals surface area (Å²) >= 11 is 0.0720. The molecule has 1 radical (unpaired) electrons. The van der Waals surface area contributed by atoms with Gasteiger partial charge in [0.1, 0.15) is 0 Å². The van der Waals surface area contributed by atoms with Crippen molar-refractivity contribution in [3.05, 3.63) is 34.9 Å². The third kappa shape index (κ3) is 2.93. The van der Waals surface area contributed by atoms with Crippen molar-refractivity contribution in [2.24, 2.45) is 0 Å². The van der Waals surface area contributed by atoms with Gasteiger partial charge >= 0.3 is 133 Å². The first kappa shape index (κ1) is 17.7. The molecule has 1 unspecified atom stereocenters. The van der Waals surface area contributed by atoms with Gasteiger partial charge in [0.2, 0.25) is 0 Å². The van der Waals surface area contributed by atoms with Crippen LogP contribution in [0, 0.1) is 0 Å². The smallest absolute Gasteiger partial charge is 0.147 e. The molecule has 1 atom stereocenters. The maximum atomic E-state index is 12.7. The maximum Gasteiger partial charge on any atom is -0.147 e. The monoisotopic (exact) mass is 397 g/mol. The van der Waals surface area contributed by atoms with Crippen LogP contribution in [0.3, 0.4) is 0 Å². The predicted octanol–water partition coefficient (Wildman–Crippen LogP) is 0.762. The second kappa shape index (κ2) is 6.85. The fourth-order valence-corrected chi connectivity index (χ4v) is 4.15. The van der Waals surface area contributed by atoms with Crippen molar-refractivity contribution in [3.8, 4) is 0 Å². The molecule has 3 rings (SSSR count). The van der Waals surface area contributed by atoms with Gasteiger partial charge in [-0.25, -0.2) is 0 Å². The van der Waals surface area contributed by atoms with Crippen LogP contribution in [0.5, 0.6) is 0 Å².